The smallest absolute Gasteiger partial charge is 0.296 e. The van der Waals surface area contributed by atoms with Crippen LogP contribution in [-0.2, 0) is 21.4 Å². The third kappa shape index (κ3) is 2.12. The van der Waals surface area contributed by atoms with E-state index < -0.39 is 26.3 Å². The minimum atomic E-state index is -4.49. The maximum absolute atomic E-state index is 10.9. The summed E-state index contributed by atoms with van der Waals surface area (Å²) < 4.78 is 52.3. The lowest BCUT2D eigenvalue weighted by Crippen LogP contribution is -2.06. The number of hydrogen-bond acceptors (Lipinski definition) is 7. The highest BCUT2D eigenvalue weighted by Gasteiger charge is 2.17. The van der Waals surface area contributed by atoms with Gasteiger partial charge in [0.25, 0.3) is 10.1 Å². The second-order valence-corrected chi connectivity index (χ2v) is 5.17. The number of nitrogen functional groups attached to an aromatic ring is 1. The molecular weight excluding hydrogens is 272 g/mol. The molecule has 1 heterocycles. The first kappa shape index (κ1) is 11.9. The van der Waals surface area contributed by atoms with Crippen LogP contribution in [0.3, 0.4) is 0 Å². The minimum absolute atomic E-state index is 0.0176. The predicted molar refractivity (Wildman–Crippen MR) is 56.1 cm³/mol. The maximum atomic E-state index is 10.9. The summed E-state index contributed by atoms with van der Waals surface area (Å²) in [4.78, 5) is -0.547. The third-order valence-electron chi connectivity index (χ3n) is 1.90. The van der Waals surface area contributed by atoms with E-state index in [1.807, 2.05) is 0 Å². The molecule has 11 heteroatoms. The van der Waals surface area contributed by atoms with Gasteiger partial charge in [-0.1, -0.05) is 0 Å². The topological polar surface area (TPSA) is 151 Å². The minimum Gasteiger partial charge on any atom is -0.752 e. The Morgan fingerprint density at radius 2 is 1.88 bits per heavy atom. The van der Waals surface area contributed by atoms with Gasteiger partial charge in [-0.15, -0.1) is 14.4 Å². The summed E-state index contributed by atoms with van der Waals surface area (Å²) in [7, 11) is -4.49. The Morgan fingerprint density at radius 3 is 2.35 bits per heavy atom. The van der Waals surface area contributed by atoms with E-state index in [-0.39, 0.29) is 16.7 Å². The number of nitrogens with two attached hydrogens (primary N) is 1. The van der Waals surface area contributed by atoms with Gasteiger partial charge < -0.3 is 10.3 Å². The molecule has 0 saturated carbocycles. The number of aromatic nitrogens is 3. The van der Waals surface area contributed by atoms with Gasteiger partial charge in [-0.2, -0.15) is 8.42 Å². The molecule has 92 valence electrons. The van der Waals surface area contributed by atoms with Gasteiger partial charge in [0.15, 0.2) is 0 Å². The molecule has 0 fully saturated rings. The van der Waals surface area contributed by atoms with Gasteiger partial charge in [0.1, 0.15) is 15.9 Å². The van der Waals surface area contributed by atoms with Gasteiger partial charge in [-0.05, 0) is 12.1 Å². The van der Waals surface area contributed by atoms with Crippen molar-refractivity contribution in [3.63, 3.8) is 0 Å². The van der Waals surface area contributed by atoms with Gasteiger partial charge >= 0.3 is 0 Å². The molecule has 1 aromatic carbocycles. The first-order valence-electron chi connectivity index (χ1n) is 4.03. The number of rotatable bonds is 2. The van der Waals surface area contributed by atoms with E-state index >= 15 is 0 Å². The number of fused-ring (bicyclic) bond motifs is 1. The van der Waals surface area contributed by atoms with Crippen molar-refractivity contribution in [2.75, 3.05) is 5.73 Å². The molecule has 2 rings (SSSR count). The summed E-state index contributed by atoms with van der Waals surface area (Å²) >= 11 is -2.70. The molecule has 0 aliphatic heterocycles. The first-order chi connectivity index (χ1) is 7.79. The molecule has 0 aliphatic rings. The standard InChI is InChI=1S/C6H6N4O5S2/c7-3-1-4-5(2-6(3)17(13,14)15)9-10(8-4)16(11)12/h1-2H,7H2,(H,11,12)(H,13,14,15)/p-1. The normalized spacial score (nSPS) is 14.0. The Bertz CT molecular complexity index is 721. The van der Waals surface area contributed by atoms with Gasteiger partial charge in [-0.25, -0.2) is 4.21 Å². The highest BCUT2D eigenvalue weighted by Crippen LogP contribution is 2.23. The molecule has 0 radical (unpaired) electrons. The second kappa shape index (κ2) is 3.73. The van der Waals surface area contributed by atoms with Crippen LogP contribution >= 0.6 is 0 Å². The molecule has 1 aromatic heterocycles. The van der Waals surface area contributed by atoms with Crippen molar-refractivity contribution in [1.29, 1.82) is 0 Å². The number of nitrogens with zero attached hydrogens (tertiary/aromatic N) is 3. The van der Waals surface area contributed by atoms with Crippen LogP contribution in [0.5, 0.6) is 0 Å². The largest absolute Gasteiger partial charge is 0.752 e. The lowest BCUT2D eigenvalue weighted by Gasteiger charge is -2.00. The van der Waals surface area contributed by atoms with Crippen LogP contribution in [0.25, 0.3) is 11.0 Å². The SMILES string of the molecule is Nc1cc2nn(S(=O)[O-])nc2cc1S(=O)(=O)O. The van der Waals surface area contributed by atoms with E-state index in [0.717, 1.165) is 12.1 Å². The molecule has 9 nitrogen and oxygen atoms in total. The number of anilines is 1. The van der Waals surface area contributed by atoms with Crippen molar-refractivity contribution in [1.82, 2.24) is 14.4 Å². The molecule has 2 aromatic rings. The highest BCUT2D eigenvalue weighted by atomic mass is 32.2. The summed E-state index contributed by atoms with van der Waals surface area (Å²) in [6, 6.07) is 2.05. The number of hydrogen-bond donors (Lipinski definition) is 2. The Hall–Kier alpha value is -1.56. The van der Waals surface area contributed by atoms with E-state index in [0.29, 0.717) is 4.20 Å². The van der Waals surface area contributed by atoms with E-state index in [1.165, 1.54) is 0 Å². The zero-order chi connectivity index (χ0) is 12.8. The molecule has 0 aliphatic carbocycles. The number of benzene rings is 1. The fourth-order valence-electron chi connectivity index (χ4n) is 1.23. The molecular formula is C6H5N4O5S2-. The average Bonchev–Trinajstić information content (AvgIpc) is 2.57. The monoisotopic (exact) mass is 277 g/mol. The fraction of sp³-hybridized carbons (Fsp3) is 0. The van der Waals surface area contributed by atoms with Crippen molar-refractivity contribution in [3.05, 3.63) is 12.1 Å². The highest BCUT2D eigenvalue weighted by molar-refractivity contribution is 7.86. The zero-order valence-electron chi connectivity index (χ0n) is 7.97. The van der Waals surface area contributed by atoms with Crippen molar-refractivity contribution in [2.45, 2.75) is 4.90 Å². The summed E-state index contributed by atoms with van der Waals surface area (Å²) in [6.45, 7) is 0. The lowest BCUT2D eigenvalue weighted by molar-refractivity contribution is 0.483. The fourth-order valence-corrected chi connectivity index (χ4v) is 2.16. The Labute approximate surface area is 97.4 Å². The quantitative estimate of drug-likeness (QED) is 0.398. The van der Waals surface area contributed by atoms with Crippen LogP contribution in [0.1, 0.15) is 0 Å². The van der Waals surface area contributed by atoms with Crippen LogP contribution in [0, 0.1) is 0 Å². The average molecular weight is 277 g/mol. The Morgan fingerprint density at radius 1 is 1.35 bits per heavy atom. The third-order valence-corrected chi connectivity index (χ3v) is 3.24. The Balaban J connectivity index is 2.77. The van der Waals surface area contributed by atoms with E-state index in [2.05, 4.69) is 10.2 Å². The molecule has 0 spiro atoms. The van der Waals surface area contributed by atoms with Gasteiger partial charge in [0.2, 0.25) is 0 Å². The first-order valence-corrected chi connectivity index (χ1v) is 6.50. The van der Waals surface area contributed by atoms with Crippen LogP contribution in [0.2, 0.25) is 0 Å². The van der Waals surface area contributed by atoms with Crippen molar-refractivity contribution in [3.8, 4) is 0 Å². The summed E-state index contributed by atoms with van der Waals surface area (Å²) in [6.07, 6.45) is 0. The molecule has 3 N–H and O–H groups in total. The molecule has 1 unspecified atom stereocenters. The van der Waals surface area contributed by atoms with Crippen LogP contribution in [-0.4, -0.2) is 36.1 Å². The lowest BCUT2D eigenvalue weighted by atomic mass is 10.3. The maximum Gasteiger partial charge on any atom is 0.296 e. The summed E-state index contributed by atoms with van der Waals surface area (Å²) in [5.74, 6) is 0. The van der Waals surface area contributed by atoms with E-state index in [9.17, 15) is 17.2 Å². The van der Waals surface area contributed by atoms with Crippen LogP contribution < -0.4 is 5.73 Å². The van der Waals surface area contributed by atoms with Crippen LogP contribution in [0.4, 0.5) is 5.69 Å². The van der Waals surface area contributed by atoms with E-state index in [1.54, 1.807) is 0 Å². The predicted octanol–water partition coefficient (Wildman–Crippen LogP) is -1.10. The molecule has 0 saturated heterocycles. The van der Waals surface area contributed by atoms with E-state index in [4.69, 9.17) is 10.3 Å². The van der Waals surface area contributed by atoms with Gasteiger partial charge in [0.05, 0.1) is 17.0 Å². The molecule has 0 amide bonds. The zero-order valence-corrected chi connectivity index (χ0v) is 9.60. The summed E-state index contributed by atoms with van der Waals surface area (Å²) in [5.41, 5.74) is 5.22. The summed E-state index contributed by atoms with van der Waals surface area (Å²) in [5, 5.41) is 7.02. The van der Waals surface area contributed by atoms with Gasteiger partial charge in [-0.3, -0.25) is 4.55 Å². The van der Waals surface area contributed by atoms with Crippen molar-refractivity contribution >= 4 is 38.1 Å². The second-order valence-electron chi connectivity index (χ2n) is 3.02. The Kier molecular flexibility index (Phi) is 2.61. The van der Waals surface area contributed by atoms with Crippen LogP contribution in [0.15, 0.2) is 17.0 Å². The van der Waals surface area contributed by atoms with Crippen molar-refractivity contribution < 1.29 is 21.7 Å². The van der Waals surface area contributed by atoms with Crippen molar-refractivity contribution in [2.24, 2.45) is 0 Å². The van der Waals surface area contributed by atoms with Gasteiger partial charge in [0, 0.05) is 0 Å². The molecule has 0 bridgehead atoms. The molecule has 17 heavy (non-hydrogen) atoms. The molecule has 1 atom stereocenters.